The maximum absolute atomic E-state index is 12.6. The molecule has 0 bridgehead atoms. The average Bonchev–Trinajstić information content (AvgIpc) is 3.24. The van der Waals surface area contributed by atoms with Gasteiger partial charge in [0.15, 0.2) is 23.0 Å². The predicted octanol–water partition coefficient (Wildman–Crippen LogP) is 2.72. The van der Waals surface area contributed by atoms with Crippen LogP contribution in [-0.2, 0) is 14.3 Å². The highest BCUT2D eigenvalue weighted by molar-refractivity contribution is 5.77. The van der Waals surface area contributed by atoms with Crippen LogP contribution in [0.15, 0.2) is 36.4 Å². The molecule has 4 rings (SSSR count). The second-order valence-electron chi connectivity index (χ2n) is 6.66. The first-order valence-electron chi connectivity index (χ1n) is 8.59. The summed E-state index contributed by atoms with van der Waals surface area (Å²) in [5, 5.41) is 19.6. The topological polar surface area (TPSA) is 94.5 Å². The monoisotopic (exact) mass is 372 g/mol. The summed E-state index contributed by atoms with van der Waals surface area (Å²) in [7, 11) is 2.93. The summed E-state index contributed by atoms with van der Waals surface area (Å²) in [6.45, 7) is 0.359. The van der Waals surface area contributed by atoms with E-state index in [-0.39, 0.29) is 23.4 Å². The number of cyclic esters (lactones) is 1. The molecule has 2 aromatic carbocycles. The molecule has 142 valence electrons. The van der Waals surface area contributed by atoms with Crippen molar-refractivity contribution in [2.24, 2.45) is 11.8 Å². The van der Waals surface area contributed by atoms with Crippen LogP contribution < -0.4 is 9.47 Å². The van der Waals surface area contributed by atoms with E-state index in [0.29, 0.717) is 18.1 Å². The molecule has 0 radical (unpaired) electrons. The SMILES string of the molecule is COc1cc([C@H]2OC[C@@H]3[C@H]2C(=O)O[C@H]3c2ccc(O)c(OC)c2)ccc1O. The van der Waals surface area contributed by atoms with Crippen LogP contribution in [0.4, 0.5) is 0 Å². The predicted molar refractivity (Wildman–Crippen MR) is 93.8 cm³/mol. The van der Waals surface area contributed by atoms with E-state index in [1.165, 1.54) is 26.4 Å². The molecule has 2 fully saturated rings. The molecule has 0 spiro atoms. The molecule has 27 heavy (non-hydrogen) atoms. The standard InChI is InChI=1S/C20H20O7/c1-24-15-7-10(3-5-13(15)21)18-12-9-26-19(17(12)20(23)27-18)11-4-6-14(22)16(8-11)25-2/h3-8,12,17-19,21-22H,9H2,1-2H3/t12-,17-,18+,19-/m1/s1. The van der Waals surface area contributed by atoms with Crippen molar-refractivity contribution >= 4 is 5.97 Å². The second-order valence-corrected chi connectivity index (χ2v) is 6.66. The van der Waals surface area contributed by atoms with Gasteiger partial charge in [-0.15, -0.1) is 0 Å². The minimum absolute atomic E-state index is 0.0267. The molecule has 2 aliphatic rings. The number of benzene rings is 2. The molecule has 2 aliphatic heterocycles. The van der Waals surface area contributed by atoms with E-state index in [1.807, 2.05) is 0 Å². The Hall–Kier alpha value is -2.93. The fraction of sp³-hybridized carbons (Fsp3) is 0.350. The van der Waals surface area contributed by atoms with Crippen LogP contribution >= 0.6 is 0 Å². The van der Waals surface area contributed by atoms with E-state index in [4.69, 9.17) is 18.9 Å². The second kappa shape index (κ2) is 6.66. The Balaban J connectivity index is 1.64. The number of phenolic OH excluding ortho intramolecular Hbond substituents is 2. The Kier molecular flexibility index (Phi) is 4.31. The largest absolute Gasteiger partial charge is 0.504 e. The van der Waals surface area contributed by atoms with Gasteiger partial charge in [-0.05, 0) is 35.4 Å². The molecule has 0 amide bonds. The molecule has 0 unspecified atom stereocenters. The Morgan fingerprint density at radius 3 is 2.04 bits per heavy atom. The van der Waals surface area contributed by atoms with Gasteiger partial charge in [0.1, 0.15) is 6.10 Å². The number of carbonyl (C=O) groups excluding carboxylic acids is 1. The third kappa shape index (κ3) is 2.84. The molecule has 2 heterocycles. The number of hydrogen-bond acceptors (Lipinski definition) is 7. The number of phenols is 2. The quantitative estimate of drug-likeness (QED) is 0.797. The van der Waals surface area contributed by atoms with Gasteiger partial charge in [-0.3, -0.25) is 4.79 Å². The minimum atomic E-state index is -0.471. The van der Waals surface area contributed by atoms with E-state index in [1.54, 1.807) is 24.3 Å². The van der Waals surface area contributed by atoms with Crippen LogP contribution in [0.5, 0.6) is 23.0 Å². The highest BCUT2D eigenvalue weighted by atomic mass is 16.6. The molecule has 7 heteroatoms. The summed E-state index contributed by atoms with van der Waals surface area (Å²) in [6, 6.07) is 9.82. The van der Waals surface area contributed by atoms with Gasteiger partial charge in [0.2, 0.25) is 0 Å². The van der Waals surface area contributed by atoms with Gasteiger partial charge >= 0.3 is 5.97 Å². The van der Waals surface area contributed by atoms with Crippen LogP contribution in [0.3, 0.4) is 0 Å². The molecule has 2 aromatic rings. The normalized spacial score (nSPS) is 26.5. The van der Waals surface area contributed by atoms with E-state index in [2.05, 4.69) is 0 Å². The van der Waals surface area contributed by atoms with Gasteiger partial charge < -0.3 is 29.2 Å². The first kappa shape index (κ1) is 17.5. The molecule has 0 saturated carbocycles. The number of rotatable bonds is 4. The van der Waals surface area contributed by atoms with Crippen molar-refractivity contribution in [2.45, 2.75) is 12.2 Å². The molecular weight excluding hydrogens is 352 g/mol. The first-order valence-corrected chi connectivity index (χ1v) is 8.59. The zero-order valence-electron chi connectivity index (χ0n) is 14.9. The van der Waals surface area contributed by atoms with E-state index in [9.17, 15) is 15.0 Å². The highest BCUT2D eigenvalue weighted by Gasteiger charge is 2.54. The molecular formula is C20H20O7. The number of fused-ring (bicyclic) bond motifs is 1. The Bertz CT molecular complexity index is 827. The van der Waals surface area contributed by atoms with Crippen LogP contribution in [0.1, 0.15) is 23.3 Å². The molecule has 2 saturated heterocycles. The minimum Gasteiger partial charge on any atom is -0.504 e. The van der Waals surface area contributed by atoms with E-state index >= 15 is 0 Å². The lowest BCUT2D eigenvalue weighted by Crippen LogP contribution is -2.17. The van der Waals surface area contributed by atoms with E-state index < -0.39 is 18.1 Å². The summed E-state index contributed by atoms with van der Waals surface area (Å²) >= 11 is 0. The Morgan fingerprint density at radius 2 is 1.48 bits per heavy atom. The van der Waals surface area contributed by atoms with Gasteiger partial charge in [-0.1, -0.05) is 12.1 Å². The molecule has 2 N–H and O–H groups in total. The zero-order valence-corrected chi connectivity index (χ0v) is 14.9. The third-order valence-electron chi connectivity index (χ3n) is 5.22. The molecule has 0 aromatic heterocycles. The summed E-state index contributed by atoms with van der Waals surface area (Å²) in [5.74, 6) is -0.235. The number of carbonyl (C=O) groups is 1. The van der Waals surface area contributed by atoms with Crippen LogP contribution in [0.2, 0.25) is 0 Å². The molecule has 7 nitrogen and oxygen atoms in total. The lowest BCUT2D eigenvalue weighted by molar-refractivity contribution is -0.148. The summed E-state index contributed by atoms with van der Waals surface area (Å²) in [6.07, 6.45) is -0.943. The highest BCUT2D eigenvalue weighted by Crippen LogP contribution is 2.52. The van der Waals surface area contributed by atoms with Gasteiger partial charge in [-0.2, -0.15) is 0 Å². The van der Waals surface area contributed by atoms with Crippen molar-refractivity contribution in [3.8, 4) is 23.0 Å². The Morgan fingerprint density at radius 1 is 0.926 bits per heavy atom. The maximum Gasteiger partial charge on any atom is 0.313 e. The summed E-state index contributed by atoms with van der Waals surface area (Å²) in [4.78, 5) is 12.6. The fourth-order valence-electron chi connectivity index (χ4n) is 3.87. The van der Waals surface area contributed by atoms with Crippen molar-refractivity contribution in [3.63, 3.8) is 0 Å². The van der Waals surface area contributed by atoms with Gasteiger partial charge in [0.25, 0.3) is 0 Å². The van der Waals surface area contributed by atoms with Crippen molar-refractivity contribution < 1.29 is 34.0 Å². The van der Waals surface area contributed by atoms with Gasteiger partial charge in [-0.25, -0.2) is 0 Å². The summed E-state index contributed by atoms with van der Waals surface area (Å²) < 4.78 is 21.9. The van der Waals surface area contributed by atoms with Crippen molar-refractivity contribution in [3.05, 3.63) is 47.5 Å². The number of hydrogen-bond donors (Lipinski definition) is 2. The number of aromatic hydroxyl groups is 2. The van der Waals surface area contributed by atoms with Crippen LogP contribution in [0, 0.1) is 11.8 Å². The maximum atomic E-state index is 12.6. The van der Waals surface area contributed by atoms with Crippen molar-refractivity contribution in [1.82, 2.24) is 0 Å². The lowest BCUT2D eigenvalue weighted by atomic mass is 9.84. The van der Waals surface area contributed by atoms with Crippen molar-refractivity contribution in [1.29, 1.82) is 0 Å². The lowest BCUT2D eigenvalue weighted by Gasteiger charge is -2.16. The third-order valence-corrected chi connectivity index (χ3v) is 5.22. The molecule has 4 atom stereocenters. The van der Waals surface area contributed by atoms with Gasteiger partial charge in [0.05, 0.1) is 32.8 Å². The number of esters is 1. The van der Waals surface area contributed by atoms with Gasteiger partial charge in [0, 0.05) is 5.92 Å². The average molecular weight is 372 g/mol. The number of methoxy groups -OCH3 is 2. The van der Waals surface area contributed by atoms with Crippen LogP contribution in [-0.4, -0.2) is 37.0 Å². The Labute approximate surface area is 156 Å². The smallest absolute Gasteiger partial charge is 0.313 e. The first-order chi connectivity index (χ1) is 13.0. The zero-order chi connectivity index (χ0) is 19.1. The molecule has 0 aliphatic carbocycles. The number of ether oxygens (including phenoxy) is 4. The van der Waals surface area contributed by atoms with Crippen LogP contribution in [0.25, 0.3) is 0 Å². The fourth-order valence-corrected chi connectivity index (χ4v) is 3.87. The van der Waals surface area contributed by atoms with Crippen molar-refractivity contribution in [2.75, 3.05) is 20.8 Å². The summed E-state index contributed by atoms with van der Waals surface area (Å²) in [5.41, 5.74) is 1.50. The van der Waals surface area contributed by atoms with E-state index in [0.717, 1.165) is 11.1 Å².